The van der Waals surface area contributed by atoms with Crippen molar-refractivity contribution in [3.63, 3.8) is 0 Å². The number of pyridine rings is 1. The van der Waals surface area contributed by atoms with E-state index in [0.717, 1.165) is 42.0 Å². The fourth-order valence-corrected chi connectivity index (χ4v) is 3.74. The molecule has 0 spiro atoms. The molecule has 0 unspecified atom stereocenters. The predicted molar refractivity (Wildman–Crippen MR) is 118 cm³/mol. The van der Waals surface area contributed by atoms with Crippen molar-refractivity contribution in [1.29, 1.82) is 0 Å². The summed E-state index contributed by atoms with van der Waals surface area (Å²) in [5, 5.41) is 9.23. The van der Waals surface area contributed by atoms with Gasteiger partial charge in [0.2, 0.25) is 0 Å². The van der Waals surface area contributed by atoms with Crippen molar-refractivity contribution >= 4 is 5.97 Å². The van der Waals surface area contributed by atoms with Crippen LogP contribution in [0.25, 0.3) is 0 Å². The van der Waals surface area contributed by atoms with Crippen molar-refractivity contribution in [2.45, 2.75) is 44.2 Å². The second-order valence-corrected chi connectivity index (χ2v) is 8.55. The van der Waals surface area contributed by atoms with Crippen LogP contribution in [0.15, 0.2) is 60.8 Å². The Balaban J connectivity index is 1.48. The second kappa shape index (κ2) is 8.59. The van der Waals surface area contributed by atoms with E-state index in [-0.39, 0.29) is 29.0 Å². The molecule has 1 saturated carbocycles. The fourth-order valence-electron chi connectivity index (χ4n) is 3.74. The predicted octanol–water partition coefficient (Wildman–Crippen LogP) is 4.91. The first-order valence-corrected chi connectivity index (χ1v) is 10.4. The number of aromatic carboxylic acids is 1. The molecule has 166 valence electrons. The molecule has 1 heterocycles. The number of carboxylic acid groups (broad SMARTS) is 1. The molecular formula is C25H25FN2O4. The molecule has 0 radical (unpaired) electrons. The second-order valence-electron chi connectivity index (χ2n) is 8.55. The number of hydrogen-bond acceptors (Lipinski definition) is 5. The van der Waals surface area contributed by atoms with E-state index in [9.17, 15) is 14.3 Å². The largest absolute Gasteiger partial charge is 0.490 e. The standard InChI is InChI=1S/C25H25FN2O4/c1-25(2,15-3-7-19(8-4-15)31-21-12-18(27)13-21)16-5-9-20(10-6-16)32-22-11-17(26)14-28-23(22)24(29)30/h3-11,14,18,21H,12-13,27H2,1-2H3,(H,29,30). The van der Waals surface area contributed by atoms with E-state index < -0.39 is 11.8 Å². The molecule has 0 amide bonds. The normalized spacial score (nSPS) is 18.0. The Morgan fingerprint density at radius 1 is 1.06 bits per heavy atom. The summed E-state index contributed by atoms with van der Waals surface area (Å²) in [6.45, 7) is 4.23. The summed E-state index contributed by atoms with van der Waals surface area (Å²) < 4.78 is 25.0. The summed E-state index contributed by atoms with van der Waals surface area (Å²) in [7, 11) is 0. The van der Waals surface area contributed by atoms with E-state index in [2.05, 4.69) is 31.0 Å². The quantitative estimate of drug-likeness (QED) is 0.547. The molecular weight excluding hydrogens is 411 g/mol. The number of aromatic nitrogens is 1. The average Bonchev–Trinajstić information content (AvgIpc) is 2.73. The number of nitrogens with two attached hydrogens (primary N) is 1. The van der Waals surface area contributed by atoms with Gasteiger partial charge in [0, 0.05) is 17.5 Å². The van der Waals surface area contributed by atoms with Crippen molar-refractivity contribution in [2.24, 2.45) is 5.73 Å². The van der Waals surface area contributed by atoms with Crippen LogP contribution in [-0.2, 0) is 5.41 Å². The molecule has 2 aromatic carbocycles. The minimum Gasteiger partial charge on any atom is -0.490 e. The fraction of sp³-hybridized carbons (Fsp3) is 0.280. The topological polar surface area (TPSA) is 94.7 Å². The van der Waals surface area contributed by atoms with E-state index in [1.807, 2.05) is 24.3 Å². The Morgan fingerprint density at radius 3 is 2.16 bits per heavy atom. The summed E-state index contributed by atoms with van der Waals surface area (Å²) in [6.07, 6.45) is 2.83. The Labute approximate surface area is 185 Å². The van der Waals surface area contributed by atoms with Crippen LogP contribution in [0.5, 0.6) is 17.2 Å². The van der Waals surface area contributed by atoms with Gasteiger partial charge in [-0.3, -0.25) is 0 Å². The smallest absolute Gasteiger partial charge is 0.358 e. The SMILES string of the molecule is CC(C)(c1ccc(Oc2cc(F)cnc2C(=O)O)cc1)c1ccc(OC2CC(N)C2)cc1. The molecule has 32 heavy (non-hydrogen) atoms. The monoisotopic (exact) mass is 436 g/mol. The van der Waals surface area contributed by atoms with Gasteiger partial charge in [0.15, 0.2) is 11.4 Å². The van der Waals surface area contributed by atoms with Gasteiger partial charge in [-0.25, -0.2) is 14.2 Å². The van der Waals surface area contributed by atoms with Gasteiger partial charge in [-0.2, -0.15) is 0 Å². The molecule has 1 aromatic heterocycles. The molecule has 3 N–H and O–H groups in total. The Kier molecular flexibility index (Phi) is 5.84. The maximum atomic E-state index is 13.5. The highest BCUT2D eigenvalue weighted by Crippen LogP contribution is 2.35. The number of rotatable bonds is 7. The number of nitrogens with zero attached hydrogens (tertiary/aromatic N) is 1. The Morgan fingerprint density at radius 2 is 1.62 bits per heavy atom. The molecule has 4 rings (SSSR count). The van der Waals surface area contributed by atoms with E-state index in [0.29, 0.717) is 5.75 Å². The van der Waals surface area contributed by atoms with Gasteiger partial charge in [0.05, 0.1) is 6.20 Å². The van der Waals surface area contributed by atoms with Gasteiger partial charge < -0.3 is 20.3 Å². The number of hydrogen-bond donors (Lipinski definition) is 2. The number of carbonyl (C=O) groups is 1. The Bertz CT molecular complexity index is 1110. The van der Waals surface area contributed by atoms with Crippen LogP contribution in [0.2, 0.25) is 0 Å². The van der Waals surface area contributed by atoms with Crippen LogP contribution in [0, 0.1) is 5.82 Å². The van der Waals surface area contributed by atoms with Crippen LogP contribution in [0.4, 0.5) is 4.39 Å². The summed E-state index contributed by atoms with van der Waals surface area (Å²) >= 11 is 0. The molecule has 0 atom stereocenters. The third-order valence-corrected chi connectivity index (χ3v) is 5.84. The van der Waals surface area contributed by atoms with Crippen LogP contribution >= 0.6 is 0 Å². The highest BCUT2D eigenvalue weighted by molar-refractivity contribution is 5.88. The number of benzene rings is 2. The summed E-state index contributed by atoms with van der Waals surface area (Å²) in [5.41, 5.74) is 7.34. The molecule has 6 nitrogen and oxygen atoms in total. The first-order valence-electron chi connectivity index (χ1n) is 10.4. The average molecular weight is 436 g/mol. The lowest BCUT2D eigenvalue weighted by Gasteiger charge is -2.33. The van der Waals surface area contributed by atoms with E-state index in [1.165, 1.54) is 0 Å². The molecule has 1 aliphatic carbocycles. The van der Waals surface area contributed by atoms with Gasteiger partial charge in [-0.1, -0.05) is 38.1 Å². The minimum atomic E-state index is -1.29. The maximum absolute atomic E-state index is 13.5. The molecule has 1 aliphatic rings. The lowest BCUT2D eigenvalue weighted by Crippen LogP contribution is -2.43. The van der Waals surface area contributed by atoms with Crippen molar-refractivity contribution in [3.8, 4) is 17.2 Å². The molecule has 1 fully saturated rings. The van der Waals surface area contributed by atoms with Crippen LogP contribution in [-0.4, -0.2) is 28.2 Å². The van der Waals surface area contributed by atoms with Crippen molar-refractivity contribution < 1.29 is 23.8 Å². The van der Waals surface area contributed by atoms with E-state index in [4.69, 9.17) is 15.2 Å². The first-order chi connectivity index (χ1) is 15.2. The van der Waals surface area contributed by atoms with Crippen molar-refractivity contribution in [3.05, 3.63) is 83.4 Å². The Hall–Kier alpha value is -3.45. The first kappa shape index (κ1) is 21.8. The zero-order chi connectivity index (χ0) is 22.9. The van der Waals surface area contributed by atoms with E-state index >= 15 is 0 Å². The third-order valence-electron chi connectivity index (χ3n) is 5.84. The molecule has 7 heteroatoms. The van der Waals surface area contributed by atoms with Gasteiger partial charge >= 0.3 is 5.97 Å². The number of halogens is 1. The lowest BCUT2D eigenvalue weighted by atomic mass is 9.78. The van der Waals surface area contributed by atoms with Gasteiger partial charge in [-0.15, -0.1) is 0 Å². The summed E-state index contributed by atoms with van der Waals surface area (Å²) in [4.78, 5) is 14.9. The minimum absolute atomic E-state index is 0.146. The molecule has 0 saturated heterocycles. The zero-order valence-electron chi connectivity index (χ0n) is 17.9. The molecule has 0 bridgehead atoms. The van der Waals surface area contributed by atoms with Gasteiger partial charge in [-0.05, 0) is 48.2 Å². The lowest BCUT2D eigenvalue weighted by molar-refractivity contribution is 0.0687. The highest BCUT2D eigenvalue weighted by atomic mass is 19.1. The highest BCUT2D eigenvalue weighted by Gasteiger charge is 2.28. The van der Waals surface area contributed by atoms with Gasteiger partial charge in [0.1, 0.15) is 23.4 Å². The van der Waals surface area contributed by atoms with Crippen molar-refractivity contribution in [2.75, 3.05) is 0 Å². The third kappa shape index (κ3) is 4.57. The zero-order valence-corrected chi connectivity index (χ0v) is 17.9. The number of ether oxygens (including phenoxy) is 2. The molecule has 3 aromatic rings. The summed E-state index contributed by atoms with van der Waals surface area (Å²) in [5.74, 6) is -0.877. The number of carboxylic acids is 1. The maximum Gasteiger partial charge on any atom is 0.358 e. The summed E-state index contributed by atoms with van der Waals surface area (Å²) in [6, 6.07) is 16.6. The molecule has 0 aliphatic heterocycles. The van der Waals surface area contributed by atoms with Gasteiger partial charge in [0.25, 0.3) is 0 Å². The van der Waals surface area contributed by atoms with Crippen LogP contribution in [0.1, 0.15) is 48.3 Å². The van der Waals surface area contributed by atoms with Crippen LogP contribution < -0.4 is 15.2 Å². The van der Waals surface area contributed by atoms with Crippen molar-refractivity contribution in [1.82, 2.24) is 4.98 Å². The van der Waals surface area contributed by atoms with E-state index in [1.54, 1.807) is 12.1 Å². The van der Waals surface area contributed by atoms with Crippen LogP contribution in [0.3, 0.4) is 0 Å².